The highest BCUT2D eigenvalue weighted by atomic mass is 79.9. The van der Waals surface area contributed by atoms with Gasteiger partial charge in [0, 0.05) is 28.2 Å². The molecule has 1 aliphatic rings. The van der Waals surface area contributed by atoms with Gasteiger partial charge in [-0.05, 0) is 40.3 Å². The summed E-state index contributed by atoms with van der Waals surface area (Å²) < 4.78 is 1.03. The molecule has 1 fully saturated rings. The quantitative estimate of drug-likeness (QED) is 0.822. The Bertz CT molecular complexity index is 523. The third-order valence-electron chi connectivity index (χ3n) is 4.16. The van der Waals surface area contributed by atoms with Gasteiger partial charge in [-0.2, -0.15) is 0 Å². The van der Waals surface area contributed by atoms with Crippen LogP contribution in [0.15, 0.2) is 15.9 Å². The van der Waals surface area contributed by atoms with Crippen LogP contribution in [0.3, 0.4) is 0 Å². The summed E-state index contributed by atoms with van der Waals surface area (Å²) in [6.45, 7) is 0.582. The van der Waals surface area contributed by atoms with Gasteiger partial charge in [-0.1, -0.05) is 12.8 Å². The summed E-state index contributed by atoms with van der Waals surface area (Å²) in [6.07, 6.45) is 4.22. The molecule has 116 valence electrons. The zero-order valence-electron chi connectivity index (χ0n) is 12.1. The van der Waals surface area contributed by atoms with Crippen LogP contribution in [0.2, 0.25) is 0 Å². The highest BCUT2D eigenvalue weighted by Crippen LogP contribution is 2.44. The lowest BCUT2D eigenvalue weighted by Crippen LogP contribution is -2.33. The number of nitrogens with zero attached hydrogens (tertiary/aromatic N) is 1. The Kier molecular flexibility index (Phi) is 5.43. The van der Waals surface area contributed by atoms with Crippen molar-refractivity contribution in [3.63, 3.8) is 0 Å². The predicted octanol–water partition coefficient (Wildman–Crippen LogP) is 3.89. The number of halogens is 1. The monoisotopic (exact) mass is 373 g/mol. The number of amides is 1. The minimum atomic E-state index is -0.797. The van der Waals surface area contributed by atoms with E-state index in [1.807, 2.05) is 11.4 Å². The van der Waals surface area contributed by atoms with Gasteiger partial charge < -0.3 is 10.0 Å². The summed E-state index contributed by atoms with van der Waals surface area (Å²) in [5, 5.41) is 11.1. The molecule has 1 aromatic heterocycles. The molecular weight excluding hydrogens is 354 g/mol. The molecule has 1 amide bonds. The van der Waals surface area contributed by atoms with Crippen LogP contribution in [-0.2, 0) is 16.1 Å². The van der Waals surface area contributed by atoms with Gasteiger partial charge in [-0.3, -0.25) is 9.59 Å². The molecule has 6 heteroatoms. The maximum absolute atomic E-state index is 12.4. The average molecular weight is 374 g/mol. The van der Waals surface area contributed by atoms with Crippen molar-refractivity contribution in [2.24, 2.45) is 5.41 Å². The molecule has 1 aromatic rings. The van der Waals surface area contributed by atoms with E-state index in [1.165, 1.54) is 0 Å². The molecule has 0 radical (unpaired) electrons. The maximum atomic E-state index is 12.4. The first kappa shape index (κ1) is 16.5. The van der Waals surface area contributed by atoms with Crippen LogP contribution in [0, 0.1) is 5.41 Å². The van der Waals surface area contributed by atoms with Crippen LogP contribution < -0.4 is 0 Å². The van der Waals surface area contributed by atoms with Gasteiger partial charge in [0.2, 0.25) is 5.91 Å². The molecule has 1 aliphatic carbocycles. The third kappa shape index (κ3) is 4.54. The molecule has 0 atom stereocenters. The second kappa shape index (κ2) is 6.92. The van der Waals surface area contributed by atoms with E-state index in [-0.39, 0.29) is 17.7 Å². The first-order valence-electron chi connectivity index (χ1n) is 7.09. The molecule has 0 aliphatic heterocycles. The lowest BCUT2D eigenvalue weighted by atomic mass is 9.79. The third-order valence-corrected chi connectivity index (χ3v) is 5.84. The maximum Gasteiger partial charge on any atom is 0.303 e. The summed E-state index contributed by atoms with van der Waals surface area (Å²) >= 11 is 5.02. The van der Waals surface area contributed by atoms with Gasteiger partial charge in [-0.15, -0.1) is 11.3 Å². The number of hydrogen-bond acceptors (Lipinski definition) is 3. The number of thiophene rings is 1. The molecule has 0 saturated heterocycles. The Morgan fingerprint density at radius 1 is 1.38 bits per heavy atom. The molecule has 2 rings (SSSR count). The van der Waals surface area contributed by atoms with E-state index >= 15 is 0 Å². The Morgan fingerprint density at radius 3 is 2.57 bits per heavy atom. The van der Waals surface area contributed by atoms with E-state index in [9.17, 15) is 9.59 Å². The highest BCUT2D eigenvalue weighted by Gasteiger charge is 2.38. The van der Waals surface area contributed by atoms with E-state index in [4.69, 9.17) is 5.11 Å². The summed E-state index contributed by atoms with van der Waals surface area (Å²) in [5.41, 5.74) is -0.326. The van der Waals surface area contributed by atoms with Crippen molar-refractivity contribution < 1.29 is 14.7 Å². The molecule has 0 spiro atoms. The lowest BCUT2D eigenvalue weighted by molar-refractivity contribution is -0.141. The van der Waals surface area contributed by atoms with Crippen LogP contribution in [0.1, 0.15) is 43.4 Å². The minimum Gasteiger partial charge on any atom is -0.481 e. The van der Waals surface area contributed by atoms with Gasteiger partial charge in [-0.25, -0.2) is 0 Å². The van der Waals surface area contributed by atoms with Gasteiger partial charge >= 0.3 is 5.97 Å². The fourth-order valence-corrected chi connectivity index (χ4v) is 4.58. The minimum absolute atomic E-state index is 0.0441. The molecule has 1 N–H and O–H groups in total. The molecule has 0 unspecified atom stereocenters. The normalized spacial score (nSPS) is 16.9. The van der Waals surface area contributed by atoms with Crippen LogP contribution in [0.25, 0.3) is 0 Å². The number of carbonyl (C=O) groups is 2. The summed E-state index contributed by atoms with van der Waals surface area (Å²) in [4.78, 5) is 26.3. The van der Waals surface area contributed by atoms with Crippen molar-refractivity contribution in [3.05, 3.63) is 20.8 Å². The van der Waals surface area contributed by atoms with Crippen LogP contribution in [0.5, 0.6) is 0 Å². The number of hydrogen-bond donors (Lipinski definition) is 1. The zero-order chi connectivity index (χ0) is 15.5. The fraction of sp³-hybridized carbons (Fsp3) is 0.600. The van der Waals surface area contributed by atoms with E-state index < -0.39 is 5.97 Å². The second-order valence-electron chi connectivity index (χ2n) is 5.94. The number of carboxylic acid groups (broad SMARTS) is 1. The van der Waals surface area contributed by atoms with E-state index in [1.54, 1.807) is 23.3 Å². The summed E-state index contributed by atoms with van der Waals surface area (Å²) in [6, 6.07) is 2.01. The van der Waals surface area contributed by atoms with Crippen LogP contribution >= 0.6 is 27.3 Å². The number of rotatable bonds is 6. The van der Waals surface area contributed by atoms with Crippen LogP contribution in [-0.4, -0.2) is 28.9 Å². The predicted molar refractivity (Wildman–Crippen MR) is 86.3 cm³/mol. The number of carboxylic acids is 1. The fourth-order valence-electron chi connectivity index (χ4n) is 3.08. The van der Waals surface area contributed by atoms with E-state index in [0.717, 1.165) is 35.0 Å². The molecule has 0 aromatic carbocycles. The van der Waals surface area contributed by atoms with Crippen molar-refractivity contribution in [2.45, 2.75) is 45.1 Å². The molecule has 0 bridgehead atoms. The van der Waals surface area contributed by atoms with Gasteiger partial charge in [0.15, 0.2) is 0 Å². The largest absolute Gasteiger partial charge is 0.481 e. The first-order chi connectivity index (χ1) is 9.90. The smallest absolute Gasteiger partial charge is 0.303 e. The standard InChI is InChI=1S/C15H20BrNO3S/c1-17(9-12-6-11(16)10-21-12)13(18)7-15(8-14(19)20)4-2-3-5-15/h6,10H,2-5,7-9H2,1H3,(H,19,20). The zero-order valence-corrected chi connectivity index (χ0v) is 14.5. The summed E-state index contributed by atoms with van der Waals surface area (Å²) in [5.74, 6) is -0.753. The molecule has 1 heterocycles. The van der Waals surface area contributed by atoms with Crippen molar-refractivity contribution >= 4 is 39.1 Å². The SMILES string of the molecule is CN(Cc1cc(Br)cs1)C(=O)CC1(CC(=O)O)CCCC1. The second-order valence-corrected chi connectivity index (χ2v) is 7.85. The Hall–Kier alpha value is -0.880. The molecule has 21 heavy (non-hydrogen) atoms. The Balaban J connectivity index is 1.96. The number of carbonyl (C=O) groups excluding carboxylic acids is 1. The van der Waals surface area contributed by atoms with Gasteiger partial charge in [0.25, 0.3) is 0 Å². The van der Waals surface area contributed by atoms with Crippen molar-refractivity contribution in [1.29, 1.82) is 0 Å². The topological polar surface area (TPSA) is 57.6 Å². The first-order valence-corrected chi connectivity index (χ1v) is 8.76. The number of aliphatic carboxylic acids is 1. The summed E-state index contributed by atoms with van der Waals surface area (Å²) in [7, 11) is 1.79. The van der Waals surface area contributed by atoms with Crippen molar-refractivity contribution in [3.8, 4) is 0 Å². The Labute approximate surface area is 137 Å². The average Bonchev–Trinajstić information content (AvgIpc) is 2.98. The van der Waals surface area contributed by atoms with Crippen LogP contribution in [0.4, 0.5) is 0 Å². The van der Waals surface area contributed by atoms with Crippen molar-refractivity contribution in [1.82, 2.24) is 4.90 Å². The van der Waals surface area contributed by atoms with Crippen molar-refractivity contribution in [2.75, 3.05) is 7.05 Å². The molecular formula is C15H20BrNO3S. The van der Waals surface area contributed by atoms with E-state index in [0.29, 0.717) is 13.0 Å². The van der Waals surface area contributed by atoms with E-state index in [2.05, 4.69) is 15.9 Å². The lowest BCUT2D eigenvalue weighted by Gasteiger charge is -2.28. The molecule has 4 nitrogen and oxygen atoms in total. The van der Waals surface area contributed by atoms with Gasteiger partial charge in [0.05, 0.1) is 13.0 Å². The molecule has 1 saturated carbocycles. The Morgan fingerprint density at radius 2 is 2.05 bits per heavy atom. The highest BCUT2D eigenvalue weighted by molar-refractivity contribution is 9.10. The van der Waals surface area contributed by atoms with Gasteiger partial charge in [0.1, 0.15) is 0 Å².